The maximum atomic E-state index is 12.2. The Labute approximate surface area is 121 Å². The van der Waals surface area contributed by atoms with E-state index in [4.69, 9.17) is 0 Å². The van der Waals surface area contributed by atoms with Crippen LogP contribution in [0.5, 0.6) is 5.75 Å². The van der Waals surface area contributed by atoms with Crippen molar-refractivity contribution in [3.05, 3.63) is 65.5 Å². The summed E-state index contributed by atoms with van der Waals surface area (Å²) in [7, 11) is 1.26. The molecule has 0 spiro atoms. The lowest BCUT2D eigenvalue weighted by Crippen LogP contribution is -2.08. The zero-order valence-corrected chi connectivity index (χ0v) is 11.3. The van der Waals surface area contributed by atoms with Gasteiger partial charge in [0, 0.05) is 11.8 Å². The third kappa shape index (κ3) is 3.54. The second kappa shape index (κ2) is 6.47. The minimum Gasteiger partial charge on any atom is -0.506 e. The Morgan fingerprint density at radius 2 is 1.90 bits per heavy atom. The first kappa shape index (κ1) is 14.5. The molecule has 0 saturated carbocycles. The maximum Gasteiger partial charge on any atom is 0.338 e. The van der Waals surface area contributed by atoms with Gasteiger partial charge in [-0.1, -0.05) is 18.2 Å². The number of benzene rings is 1. The van der Waals surface area contributed by atoms with Gasteiger partial charge in [-0.05, 0) is 29.8 Å². The van der Waals surface area contributed by atoms with Crippen LogP contribution in [0.2, 0.25) is 0 Å². The van der Waals surface area contributed by atoms with Crippen molar-refractivity contribution in [3.8, 4) is 5.75 Å². The summed E-state index contributed by atoms with van der Waals surface area (Å²) < 4.78 is 4.65. The zero-order valence-electron chi connectivity index (χ0n) is 11.3. The molecule has 1 aromatic heterocycles. The average Bonchev–Trinajstić information content (AvgIpc) is 2.52. The fraction of sp³-hybridized carbons (Fsp3) is 0.0625. The van der Waals surface area contributed by atoms with E-state index in [0.29, 0.717) is 5.56 Å². The number of nitrogens with zero attached hydrogens (tertiary/aromatic N) is 1. The summed E-state index contributed by atoms with van der Waals surface area (Å²) in [4.78, 5) is 27.6. The van der Waals surface area contributed by atoms with E-state index in [1.54, 1.807) is 18.2 Å². The first-order valence-electron chi connectivity index (χ1n) is 6.15. The number of aromatic nitrogens is 1. The van der Waals surface area contributed by atoms with E-state index in [1.165, 1.54) is 43.8 Å². The highest BCUT2D eigenvalue weighted by atomic mass is 16.5. The fourth-order valence-electron chi connectivity index (χ4n) is 1.78. The molecule has 0 atom stereocenters. The van der Waals surface area contributed by atoms with Gasteiger partial charge >= 0.3 is 5.97 Å². The summed E-state index contributed by atoms with van der Waals surface area (Å²) in [5.74, 6) is -0.884. The van der Waals surface area contributed by atoms with Crippen molar-refractivity contribution in [2.75, 3.05) is 7.11 Å². The van der Waals surface area contributed by atoms with Gasteiger partial charge in [0.25, 0.3) is 0 Å². The van der Waals surface area contributed by atoms with Gasteiger partial charge < -0.3 is 9.84 Å². The Bertz CT molecular complexity index is 707. The van der Waals surface area contributed by atoms with Crippen molar-refractivity contribution in [3.63, 3.8) is 0 Å². The van der Waals surface area contributed by atoms with Crippen LogP contribution in [-0.2, 0) is 4.74 Å². The van der Waals surface area contributed by atoms with E-state index >= 15 is 0 Å². The van der Waals surface area contributed by atoms with E-state index in [0.717, 1.165) is 0 Å². The fourth-order valence-corrected chi connectivity index (χ4v) is 1.78. The largest absolute Gasteiger partial charge is 0.506 e. The molecule has 0 unspecified atom stereocenters. The lowest BCUT2D eigenvalue weighted by atomic mass is 10.0. The minimum atomic E-state index is -0.564. The Hall–Kier alpha value is -2.95. The van der Waals surface area contributed by atoms with Crippen molar-refractivity contribution >= 4 is 17.8 Å². The molecule has 0 aliphatic carbocycles. The van der Waals surface area contributed by atoms with E-state index in [9.17, 15) is 14.7 Å². The second-order valence-electron chi connectivity index (χ2n) is 4.21. The summed E-state index contributed by atoms with van der Waals surface area (Å²) in [6, 6.07) is 7.89. The predicted molar refractivity (Wildman–Crippen MR) is 77.0 cm³/mol. The molecule has 0 aliphatic heterocycles. The van der Waals surface area contributed by atoms with Crippen molar-refractivity contribution in [1.82, 2.24) is 4.98 Å². The molecule has 0 fully saturated rings. The van der Waals surface area contributed by atoms with E-state index in [-0.39, 0.29) is 22.7 Å². The molecule has 0 saturated heterocycles. The Balaban J connectivity index is 2.27. The Morgan fingerprint density at radius 1 is 1.19 bits per heavy atom. The standard InChI is InChI=1S/C16H13NO4/c1-21-16(20)14-5-3-2-4-13(14)15(19)7-6-11-8-12(18)10-17-9-11/h2-10,18H,1H3/b7-6+. The van der Waals surface area contributed by atoms with Crippen molar-refractivity contribution < 1.29 is 19.4 Å². The first-order valence-corrected chi connectivity index (χ1v) is 6.15. The first-order chi connectivity index (χ1) is 10.1. The highest BCUT2D eigenvalue weighted by Gasteiger charge is 2.14. The molecule has 2 rings (SSSR count). The lowest BCUT2D eigenvalue weighted by molar-refractivity contribution is 0.0597. The number of pyridine rings is 1. The number of methoxy groups -OCH3 is 1. The number of allylic oxidation sites excluding steroid dienone is 1. The molecule has 5 heteroatoms. The Morgan fingerprint density at radius 3 is 2.57 bits per heavy atom. The third-order valence-corrected chi connectivity index (χ3v) is 2.77. The van der Waals surface area contributed by atoms with Crippen LogP contribution in [-0.4, -0.2) is 29.0 Å². The van der Waals surface area contributed by atoms with Gasteiger partial charge in [-0.25, -0.2) is 4.79 Å². The molecule has 0 amide bonds. The summed E-state index contributed by atoms with van der Waals surface area (Å²) >= 11 is 0. The van der Waals surface area contributed by atoms with Crippen molar-refractivity contribution in [1.29, 1.82) is 0 Å². The monoisotopic (exact) mass is 283 g/mol. The smallest absolute Gasteiger partial charge is 0.338 e. The topological polar surface area (TPSA) is 76.5 Å². The van der Waals surface area contributed by atoms with Crippen LogP contribution >= 0.6 is 0 Å². The van der Waals surface area contributed by atoms with E-state index in [1.807, 2.05) is 0 Å². The summed E-state index contributed by atoms with van der Waals surface area (Å²) in [6.07, 6.45) is 5.64. The molecule has 21 heavy (non-hydrogen) atoms. The van der Waals surface area contributed by atoms with E-state index in [2.05, 4.69) is 9.72 Å². The molecule has 106 valence electrons. The number of ketones is 1. The van der Waals surface area contributed by atoms with Gasteiger partial charge in [-0.3, -0.25) is 9.78 Å². The molecule has 0 aliphatic rings. The number of hydrogen-bond donors (Lipinski definition) is 1. The normalized spacial score (nSPS) is 10.5. The highest BCUT2D eigenvalue weighted by molar-refractivity contribution is 6.12. The minimum absolute atomic E-state index is 0.0135. The molecule has 1 N–H and O–H groups in total. The molecule has 5 nitrogen and oxygen atoms in total. The van der Waals surface area contributed by atoms with Crippen molar-refractivity contribution in [2.24, 2.45) is 0 Å². The SMILES string of the molecule is COC(=O)c1ccccc1C(=O)/C=C/c1cncc(O)c1. The third-order valence-electron chi connectivity index (χ3n) is 2.77. The number of ether oxygens (including phenoxy) is 1. The Kier molecular flexibility index (Phi) is 4.46. The average molecular weight is 283 g/mol. The summed E-state index contributed by atoms with van der Waals surface area (Å²) in [6.45, 7) is 0. The van der Waals surface area contributed by atoms with Crippen LogP contribution in [0.4, 0.5) is 0 Å². The number of carbonyl (C=O) groups is 2. The molecule has 2 aromatic rings. The van der Waals surface area contributed by atoms with Crippen LogP contribution in [0, 0.1) is 0 Å². The second-order valence-corrected chi connectivity index (χ2v) is 4.21. The maximum absolute atomic E-state index is 12.2. The molecule has 1 heterocycles. The highest BCUT2D eigenvalue weighted by Crippen LogP contribution is 2.14. The number of aromatic hydroxyl groups is 1. The van der Waals surface area contributed by atoms with Gasteiger partial charge in [0.05, 0.1) is 18.9 Å². The van der Waals surface area contributed by atoms with Gasteiger partial charge in [0.2, 0.25) is 0 Å². The zero-order chi connectivity index (χ0) is 15.2. The molecule has 0 bridgehead atoms. The van der Waals surface area contributed by atoms with Gasteiger partial charge in [-0.15, -0.1) is 0 Å². The van der Waals surface area contributed by atoms with Crippen LogP contribution in [0.3, 0.4) is 0 Å². The number of hydrogen-bond acceptors (Lipinski definition) is 5. The molecule has 0 radical (unpaired) electrons. The summed E-state index contributed by atoms with van der Waals surface area (Å²) in [5, 5.41) is 9.30. The van der Waals surface area contributed by atoms with Crippen molar-refractivity contribution in [2.45, 2.75) is 0 Å². The van der Waals surface area contributed by atoms with Crippen LogP contribution in [0.25, 0.3) is 6.08 Å². The lowest BCUT2D eigenvalue weighted by Gasteiger charge is -2.04. The number of carbonyl (C=O) groups excluding carboxylic acids is 2. The van der Waals surface area contributed by atoms with Crippen LogP contribution in [0.1, 0.15) is 26.3 Å². The predicted octanol–water partition coefficient (Wildman–Crippen LogP) is 2.47. The van der Waals surface area contributed by atoms with Gasteiger partial charge in [0.15, 0.2) is 5.78 Å². The van der Waals surface area contributed by atoms with Crippen LogP contribution < -0.4 is 0 Å². The van der Waals surface area contributed by atoms with Gasteiger partial charge in [0.1, 0.15) is 5.75 Å². The molecule has 1 aromatic carbocycles. The summed E-state index contributed by atoms with van der Waals surface area (Å²) in [5.41, 5.74) is 1.05. The quantitative estimate of drug-likeness (QED) is 0.530. The molecular weight excluding hydrogens is 270 g/mol. The van der Waals surface area contributed by atoms with Gasteiger partial charge in [-0.2, -0.15) is 0 Å². The number of rotatable bonds is 4. The number of esters is 1. The van der Waals surface area contributed by atoms with E-state index < -0.39 is 5.97 Å². The molecular formula is C16H13NO4. The van der Waals surface area contributed by atoms with Crippen LogP contribution in [0.15, 0.2) is 48.8 Å².